The van der Waals surface area contributed by atoms with Gasteiger partial charge in [0, 0.05) is 71.2 Å². The molecule has 6 amide bonds. The molecule has 0 bridgehead atoms. The van der Waals surface area contributed by atoms with E-state index in [1.165, 1.54) is 9.80 Å². The first kappa shape index (κ1) is 110. The van der Waals surface area contributed by atoms with Crippen molar-refractivity contribution in [2.75, 3.05) is 118 Å². The Labute approximate surface area is 743 Å². The average molecular weight is 1890 g/mol. The molecule has 0 spiro atoms. The highest BCUT2D eigenvalue weighted by Gasteiger charge is 2.56. The summed E-state index contributed by atoms with van der Waals surface area (Å²) < 4.78 is 78.9. The molecule has 0 aromatic heterocycles. The number of unbranched alkanes of at least 4 members (excludes halogenated alkanes) is 6. The quantitative estimate of drug-likeness (QED) is 0.0199. The van der Waals surface area contributed by atoms with Crippen molar-refractivity contribution in [1.29, 1.82) is 0 Å². The van der Waals surface area contributed by atoms with E-state index in [9.17, 15) is 161 Å². The lowest BCUT2D eigenvalue weighted by Gasteiger charge is -2.46. The summed E-state index contributed by atoms with van der Waals surface area (Å²) in [6.07, 6.45) is -60.1. The Hall–Kier alpha value is -5.40. The van der Waals surface area contributed by atoms with Gasteiger partial charge in [0.05, 0.1) is 85.7 Å². The topological polar surface area (TPSA) is 806 Å². The van der Waals surface area contributed by atoms with E-state index in [1.807, 2.05) is 0 Å². The summed E-state index contributed by atoms with van der Waals surface area (Å²) in [5, 5.41) is 261. The highest BCUT2D eigenvalue weighted by Crippen LogP contribution is 2.35. The molecule has 27 N–H and O–H groups in total. The first-order chi connectivity index (χ1) is 62.0. The smallest absolute Gasteiger partial charge is 0.333 e. The summed E-state index contributed by atoms with van der Waals surface area (Å²) in [6, 6.07) is 0. The van der Waals surface area contributed by atoms with E-state index in [0.717, 1.165) is 0 Å². The third-order valence-electron chi connectivity index (χ3n) is 23.0. The van der Waals surface area contributed by atoms with Crippen molar-refractivity contribution in [2.45, 2.75) is 318 Å². The van der Waals surface area contributed by atoms with Crippen LogP contribution in [0.4, 0.5) is 0 Å². The Balaban J connectivity index is 0.817. The maximum Gasteiger partial charge on any atom is 0.333 e. The van der Waals surface area contributed by atoms with Crippen LogP contribution in [-0.4, -0.2) is 518 Å². The van der Waals surface area contributed by atoms with E-state index in [-0.39, 0.29) is 109 Å². The molecule has 0 unspecified atom stereocenters. The molecule has 8 saturated heterocycles. The van der Waals surface area contributed by atoms with Crippen molar-refractivity contribution in [1.82, 2.24) is 30.8 Å². The number of ether oxygens (including phenoxy) is 14. The number of rotatable bonds is 53. The summed E-state index contributed by atoms with van der Waals surface area (Å²) in [7, 11) is 0. The number of carbonyl (C=O) groups is 8. The van der Waals surface area contributed by atoms with Gasteiger partial charge in [0.25, 0.3) is 11.8 Å². The molecule has 8 aliphatic rings. The Morgan fingerprint density at radius 3 is 0.985 bits per heavy atom. The fourth-order valence-corrected chi connectivity index (χ4v) is 15.2. The van der Waals surface area contributed by atoms with Gasteiger partial charge in [-0.3, -0.25) is 38.5 Å². The van der Waals surface area contributed by atoms with Crippen LogP contribution >= 0.6 is 0 Å². The van der Waals surface area contributed by atoms with Crippen molar-refractivity contribution < 1.29 is 232 Å². The van der Waals surface area contributed by atoms with Crippen LogP contribution in [0.5, 0.6) is 0 Å². The lowest BCUT2D eigenvalue weighted by atomic mass is 9.96. The Morgan fingerprint density at radius 2 is 0.623 bits per heavy atom. The van der Waals surface area contributed by atoms with Crippen LogP contribution in [0.15, 0.2) is 0 Å². The van der Waals surface area contributed by atoms with Gasteiger partial charge in [-0.1, -0.05) is 19.3 Å². The highest BCUT2D eigenvalue weighted by atomic mass is 16.8. The first-order valence-corrected chi connectivity index (χ1v) is 43.3. The van der Waals surface area contributed by atoms with E-state index in [4.69, 9.17) is 71.2 Å². The number of imide groups is 1. The normalized spacial score (nSPS) is 37.3. The molecular formula is C77H130N6O47. The summed E-state index contributed by atoms with van der Waals surface area (Å²) in [5.41, 5.74) is 0. The molecule has 35 atom stereocenters. The molecular weight excluding hydrogens is 1760 g/mol. The predicted molar refractivity (Wildman–Crippen MR) is 419 cm³/mol. The van der Waals surface area contributed by atoms with Crippen molar-refractivity contribution in [3.05, 3.63) is 0 Å². The molecule has 53 heteroatoms. The van der Waals surface area contributed by atoms with E-state index >= 15 is 0 Å². The van der Waals surface area contributed by atoms with Gasteiger partial charge >= 0.3 is 5.97 Å². The zero-order valence-corrected chi connectivity index (χ0v) is 71.2. The summed E-state index contributed by atoms with van der Waals surface area (Å²) in [5.74, 6) is -4.67. The predicted octanol–water partition coefficient (Wildman–Crippen LogP) is -16.2. The van der Waals surface area contributed by atoms with E-state index in [1.54, 1.807) is 0 Å². The molecule has 8 heterocycles. The van der Waals surface area contributed by atoms with E-state index in [2.05, 4.69) is 16.0 Å². The van der Waals surface area contributed by atoms with Crippen LogP contribution in [0.3, 0.4) is 0 Å². The fraction of sp³-hybridized carbons (Fsp3) is 0.896. The third kappa shape index (κ3) is 31.1. The Kier molecular flexibility index (Phi) is 46.1. The van der Waals surface area contributed by atoms with E-state index in [0.29, 0.717) is 43.6 Å². The standard InChI is InChI=1S/C77H130N6O47/c84-28-36-50(97)57(104)62(109)71(121-36)117-23-20-82(21-24-118-75-68(115)70(129-77-66(113)61(108)54(101)40(32-88)125-77)56(103)42(127-75)34-120-73-64(111)59(106)52(99)38(30-86)123-73)46(93)13-5-2-8-18-79-44(91)26-81(27-45(92)80-19-9-3-6-14-49(96)130-83-47(94)15-16-48(83)95)25-43(90)78-17-7-1-4-11-35(89)12-10-22-116-74-67(114)69(128-76-65(112)60(107)53(100)39(31-87)124-76)55(102)41(126-74)33-119-72-63(110)58(105)51(98)37(29-85)122-72/h36-42,50-77,84-88,97-115H,1-34H2,(H,78,90)(H,79,91)(H,80,92)/t36-,37-,38-,39-,40-,41-,42-,50-,51-,52-,53-,54-,55-,56-,57+,58+,59+,60+,61+,62+,63+,64+,65+,66+,67+,68+,69+,70+,71-,72+,73+,74-,75+,76-,77-/m1/s1. The van der Waals surface area contributed by atoms with E-state index < -0.39 is 335 Å². The molecule has 0 aromatic carbocycles. The van der Waals surface area contributed by atoms with Gasteiger partial charge in [0.2, 0.25) is 23.6 Å². The Bertz CT molecular complexity index is 3410. The van der Waals surface area contributed by atoms with Gasteiger partial charge < -0.3 is 215 Å². The molecule has 0 aliphatic carbocycles. The number of ketones is 1. The van der Waals surface area contributed by atoms with Crippen molar-refractivity contribution in [3.63, 3.8) is 0 Å². The Morgan fingerprint density at radius 1 is 0.323 bits per heavy atom. The molecule has 0 saturated carbocycles. The number of aliphatic hydroxyl groups is 24. The monoisotopic (exact) mass is 1890 g/mol. The van der Waals surface area contributed by atoms with Crippen LogP contribution in [0.25, 0.3) is 0 Å². The summed E-state index contributed by atoms with van der Waals surface area (Å²) in [6.45, 7) is -8.80. The average Bonchev–Trinajstić information content (AvgIpc) is 0.954. The molecule has 0 aromatic rings. The number of amides is 6. The molecule has 8 fully saturated rings. The van der Waals surface area contributed by atoms with Crippen LogP contribution in [0.2, 0.25) is 0 Å². The second-order valence-corrected chi connectivity index (χ2v) is 32.7. The maximum atomic E-state index is 14.2. The third-order valence-corrected chi connectivity index (χ3v) is 23.0. The zero-order valence-electron chi connectivity index (χ0n) is 71.2. The molecule has 8 aliphatic heterocycles. The van der Waals surface area contributed by atoms with Gasteiger partial charge in [-0.25, -0.2) is 4.79 Å². The number of hydrogen-bond donors (Lipinski definition) is 27. The number of nitrogens with one attached hydrogen (secondary N) is 3. The van der Waals surface area contributed by atoms with Gasteiger partial charge in [0.1, 0.15) is 177 Å². The lowest BCUT2D eigenvalue weighted by Crippen LogP contribution is -2.65. The van der Waals surface area contributed by atoms with Crippen molar-refractivity contribution in [2.24, 2.45) is 0 Å². The van der Waals surface area contributed by atoms with Crippen LogP contribution in [0, 0.1) is 0 Å². The van der Waals surface area contributed by atoms with Crippen molar-refractivity contribution in [3.8, 4) is 0 Å². The van der Waals surface area contributed by atoms with Crippen molar-refractivity contribution >= 4 is 47.2 Å². The number of hydrogen-bond acceptors (Lipinski definition) is 48. The minimum absolute atomic E-state index is 0.0193. The van der Waals surface area contributed by atoms with Crippen LogP contribution in [0.1, 0.15) is 103 Å². The number of nitrogens with zero attached hydrogens (tertiary/aromatic N) is 3. The SMILES string of the molecule is O=C(CCCCCNC(=O)CN(CC(=O)NCCCCCC(=O)ON1C(=O)CCC1=O)CC(=O)NCCCCCC(=O)N(CCO[C@@H]1O[C@H](CO)[C@@H](O)[C@H](O)[C@@H]1O)CCO[C@H]1O[C@H](CO[C@H]2O[C@H](CO)[C@@H](O)[C@H](O)[C@@H]2O)[C@@H](O)[C@H](O[C@H]2O[C@H](CO)[C@@H](O)[C@H](O)[C@@H]2O)[C@@H]1O)CCCO[C@@H]1O[C@H](CO[C@H]2O[C@H](CO)[C@@H](O)[C@H](O)[C@@H]2O)[C@@H](O)[C@H](O[C@H]2O[C@H](CO)[C@@H](O)[C@H](O)[C@@H]2O)[C@@H]1O. The molecule has 0 radical (unpaired) electrons. The highest BCUT2D eigenvalue weighted by molar-refractivity contribution is 6.01. The minimum atomic E-state index is -2.06. The van der Waals surface area contributed by atoms with Gasteiger partial charge in [-0.05, 0) is 44.9 Å². The number of aliphatic hydroxyl groups excluding tert-OH is 24. The van der Waals surface area contributed by atoms with Gasteiger partial charge in [0.15, 0.2) is 44.0 Å². The maximum absolute atomic E-state index is 14.2. The first-order valence-electron chi connectivity index (χ1n) is 43.3. The summed E-state index contributed by atoms with van der Waals surface area (Å²) >= 11 is 0. The second kappa shape index (κ2) is 54.5. The van der Waals surface area contributed by atoms with Gasteiger partial charge in [-0.15, -0.1) is 5.06 Å². The minimum Gasteiger partial charge on any atom is -0.394 e. The van der Waals surface area contributed by atoms with Gasteiger partial charge in [-0.2, -0.15) is 0 Å². The lowest BCUT2D eigenvalue weighted by molar-refractivity contribution is -0.366. The zero-order chi connectivity index (χ0) is 95.3. The molecule has 130 heavy (non-hydrogen) atoms. The second-order valence-electron chi connectivity index (χ2n) is 32.7. The number of Topliss-reactive ketones (excluding diaryl/α,β-unsaturated/α-hetero) is 1. The fourth-order valence-electron chi connectivity index (χ4n) is 15.2. The molecule has 53 nitrogen and oxygen atoms in total. The summed E-state index contributed by atoms with van der Waals surface area (Å²) in [4.78, 5) is 111. The molecule has 8 rings (SSSR count). The number of carbonyl (C=O) groups excluding carboxylic acids is 8. The number of hydroxylamine groups is 2. The van der Waals surface area contributed by atoms with Crippen LogP contribution < -0.4 is 16.0 Å². The van der Waals surface area contributed by atoms with Crippen LogP contribution in [-0.2, 0) is 110 Å². The largest absolute Gasteiger partial charge is 0.394 e. The molecule has 750 valence electrons.